The molecule has 0 saturated carbocycles. The van der Waals surface area contributed by atoms with Crippen molar-refractivity contribution >= 4 is 28.2 Å². The van der Waals surface area contributed by atoms with Gasteiger partial charge in [-0.05, 0) is 58.1 Å². The summed E-state index contributed by atoms with van der Waals surface area (Å²) in [6.07, 6.45) is 2.70. The number of carbonyl (C=O) groups is 1. The van der Waals surface area contributed by atoms with Crippen LogP contribution in [0, 0.1) is 10.1 Å². The highest BCUT2D eigenvalue weighted by molar-refractivity contribution is 5.97. The molecule has 160 valence electrons. The first kappa shape index (κ1) is 20.5. The molecule has 1 N–H and O–H groups in total. The van der Waals surface area contributed by atoms with Gasteiger partial charge in [-0.3, -0.25) is 14.9 Å². The van der Waals surface area contributed by atoms with E-state index in [4.69, 9.17) is 4.74 Å². The maximum Gasteiger partial charge on any atom is 0.295 e. The van der Waals surface area contributed by atoms with Crippen molar-refractivity contribution < 1.29 is 14.5 Å². The molecular formula is C21H27N5O4. The van der Waals surface area contributed by atoms with Crippen molar-refractivity contribution in [2.75, 3.05) is 38.1 Å². The number of likely N-dealkylation sites (tertiary alicyclic amines) is 1. The number of non-ortho nitro benzene ring substituents is 1. The minimum atomic E-state index is -0.588. The lowest BCUT2D eigenvalue weighted by Gasteiger charge is -2.39. The first-order valence-electron chi connectivity index (χ1n) is 10.3. The van der Waals surface area contributed by atoms with E-state index in [0.29, 0.717) is 24.0 Å². The van der Waals surface area contributed by atoms with E-state index in [2.05, 4.69) is 27.1 Å². The third-order valence-electron chi connectivity index (χ3n) is 5.88. The summed E-state index contributed by atoms with van der Waals surface area (Å²) in [5.74, 6) is -0.0922. The molecule has 30 heavy (non-hydrogen) atoms. The molecule has 2 aliphatic heterocycles. The fourth-order valence-corrected chi connectivity index (χ4v) is 4.31. The molecule has 0 aliphatic carbocycles. The summed E-state index contributed by atoms with van der Waals surface area (Å²) in [6, 6.07) is 7.00. The highest BCUT2D eigenvalue weighted by Crippen LogP contribution is 2.33. The Hall–Kier alpha value is -2.78. The first-order chi connectivity index (χ1) is 14.4. The summed E-state index contributed by atoms with van der Waals surface area (Å²) in [4.78, 5) is 32.4. The average Bonchev–Trinajstić information content (AvgIpc) is 2.74. The van der Waals surface area contributed by atoms with Crippen molar-refractivity contribution in [1.82, 2.24) is 15.2 Å². The Bertz CT molecular complexity index is 944. The predicted octanol–water partition coefficient (Wildman–Crippen LogP) is 1.95. The minimum absolute atomic E-state index is 0.0211. The fraction of sp³-hybridized carbons (Fsp3) is 0.524. The van der Waals surface area contributed by atoms with Crippen molar-refractivity contribution in [3.63, 3.8) is 0 Å². The van der Waals surface area contributed by atoms with Crippen LogP contribution in [-0.2, 0) is 9.53 Å². The van der Waals surface area contributed by atoms with E-state index in [9.17, 15) is 14.9 Å². The molecule has 0 unspecified atom stereocenters. The normalized spacial score (nSPS) is 23.5. The lowest BCUT2D eigenvalue weighted by Crippen LogP contribution is -2.55. The van der Waals surface area contributed by atoms with Gasteiger partial charge in [0.05, 0.1) is 17.6 Å². The number of carbonyl (C=O) groups excluding carboxylic acids is 1. The van der Waals surface area contributed by atoms with Crippen LogP contribution in [0.5, 0.6) is 0 Å². The number of rotatable bonds is 4. The molecule has 4 rings (SSSR count). The number of fused-ring (bicyclic) bond motifs is 1. The molecule has 2 aliphatic rings. The lowest BCUT2D eigenvalue weighted by atomic mass is 10.0. The molecule has 9 nitrogen and oxygen atoms in total. The van der Waals surface area contributed by atoms with Crippen LogP contribution < -0.4 is 10.2 Å². The number of morpholine rings is 1. The van der Waals surface area contributed by atoms with Crippen LogP contribution in [-0.4, -0.2) is 72.2 Å². The first-order valence-corrected chi connectivity index (χ1v) is 10.3. The summed E-state index contributed by atoms with van der Waals surface area (Å²) in [6.45, 7) is 4.87. The quantitative estimate of drug-likeness (QED) is 0.604. The van der Waals surface area contributed by atoms with Crippen molar-refractivity contribution in [2.24, 2.45) is 0 Å². The maximum atomic E-state index is 12.9. The van der Waals surface area contributed by atoms with E-state index in [0.717, 1.165) is 31.6 Å². The third kappa shape index (κ3) is 4.22. The lowest BCUT2D eigenvalue weighted by molar-refractivity contribution is -0.383. The number of amides is 1. The number of nitrogens with one attached hydrogen (secondary N) is 1. The zero-order chi connectivity index (χ0) is 21.3. The van der Waals surface area contributed by atoms with Crippen LogP contribution in [0.2, 0.25) is 0 Å². The van der Waals surface area contributed by atoms with Gasteiger partial charge in [0.15, 0.2) is 6.10 Å². The number of benzene rings is 1. The Kier molecular flexibility index (Phi) is 5.83. The second kappa shape index (κ2) is 8.53. The molecule has 1 aromatic heterocycles. The van der Waals surface area contributed by atoms with Gasteiger partial charge in [-0.15, -0.1) is 0 Å². The summed E-state index contributed by atoms with van der Waals surface area (Å²) in [5, 5.41) is 15.2. The standard InChI is InChI=1S/C21H27N5O4/c1-14-12-25(13-19(30-14)21(27)23-15-7-10-24(2)11-8-15)17-5-6-18(26(28)29)20-16(17)4-3-9-22-20/h3-6,9,14-15,19H,7-8,10-13H2,1-2H3,(H,23,27)/t14-,19-/m1/s1. The van der Waals surface area contributed by atoms with Gasteiger partial charge in [0.25, 0.3) is 11.6 Å². The highest BCUT2D eigenvalue weighted by Gasteiger charge is 2.33. The number of piperidine rings is 1. The number of nitrogens with zero attached hydrogens (tertiary/aromatic N) is 4. The molecule has 1 aromatic carbocycles. The molecule has 2 saturated heterocycles. The van der Waals surface area contributed by atoms with Crippen molar-refractivity contribution in [3.8, 4) is 0 Å². The largest absolute Gasteiger partial charge is 0.365 e. The number of ether oxygens (including phenoxy) is 1. The summed E-state index contributed by atoms with van der Waals surface area (Å²) in [7, 11) is 2.09. The van der Waals surface area contributed by atoms with Gasteiger partial charge in [0.1, 0.15) is 5.52 Å². The van der Waals surface area contributed by atoms with Gasteiger partial charge in [-0.1, -0.05) is 0 Å². The van der Waals surface area contributed by atoms with Crippen LogP contribution in [0.1, 0.15) is 19.8 Å². The Morgan fingerprint density at radius 3 is 2.77 bits per heavy atom. The van der Waals surface area contributed by atoms with E-state index in [1.54, 1.807) is 18.3 Å². The second-order valence-electron chi connectivity index (χ2n) is 8.19. The molecule has 2 fully saturated rings. The zero-order valence-electron chi connectivity index (χ0n) is 17.3. The van der Waals surface area contributed by atoms with Gasteiger partial charge in [-0.2, -0.15) is 0 Å². The van der Waals surface area contributed by atoms with Gasteiger partial charge >= 0.3 is 0 Å². The van der Waals surface area contributed by atoms with Crippen molar-refractivity contribution in [1.29, 1.82) is 0 Å². The van der Waals surface area contributed by atoms with Gasteiger partial charge < -0.3 is 19.9 Å². The number of nitro benzene ring substituents is 1. The Labute approximate surface area is 175 Å². The molecule has 9 heteroatoms. The van der Waals surface area contributed by atoms with Gasteiger partial charge in [0.2, 0.25) is 0 Å². The van der Waals surface area contributed by atoms with E-state index in [-0.39, 0.29) is 23.7 Å². The number of pyridine rings is 1. The van der Waals surface area contributed by atoms with Crippen molar-refractivity contribution in [2.45, 2.75) is 38.0 Å². The number of nitro groups is 1. The van der Waals surface area contributed by atoms with E-state index in [1.807, 2.05) is 13.0 Å². The summed E-state index contributed by atoms with van der Waals surface area (Å²) >= 11 is 0. The van der Waals surface area contributed by atoms with Gasteiger partial charge in [-0.25, -0.2) is 4.98 Å². The summed E-state index contributed by atoms with van der Waals surface area (Å²) < 4.78 is 5.95. The topological polar surface area (TPSA) is 101 Å². The van der Waals surface area contributed by atoms with E-state index < -0.39 is 11.0 Å². The molecule has 3 heterocycles. The smallest absolute Gasteiger partial charge is 0.295 e. The SMILES string of the molecule is C[C@@H]1CN(c2ccc([N+](=O)[O-])c3ncccc23)C[C@H](C(=O)NC2CCN(C)CC2)O1. The van der Waals surface area contributed by atoms with Crippen LogP contribution in [0.4, 0.5) is 11.4 Å². The molecule has 0 radical (unpaired) electrons. The predicted molar refractivity (Wildman–Crippen MR) is 114 cm³/mol. The summed E-state index contributed by atoms with van der Waals surface area (Å²) in [5.41, 5.74) is 1.16. The van der Waals surface area contributed by atoms with E-state index >= 15 is 0 Å². The number of aromatic nitrogens is 1. The number of hydrogen-bond donors (Lipinski definition) is 1. The molecule has 0 bridgehead atoms. The Morgan fingerprint density at radius 2 is 2.03 bits per heavy atom. The molecule has 0 spiro atoms. The van der Waals surface area contributed by atoms with Crippen LogP contribution in [0.3, 0.4) is 0 Å². The molecule has 1 amide bonds. The highest BCUT2D eigenvalue weighted by atomic mass is 16.6. The number of anilines is 1. The van der Waals surface area contributed by atoms with Crippen LogP contribution in [0.25, 0.3) is 10.9 Å². The Balaban J connectivity index is 1.54. The fourth-order valence-electron chi connectivity index (χ4n) is 4.31. The van der Waals surface area contributed by atoms with Crippen molar-refractivity contribution in [3.05, 3.63) is 40.6 Å². The van der Waals surface area contributed by atoms with Gasteiger partial charge in [0, 0.05) is 35.9 Å². The minimum Gasteiger partial charge on any atom is -0.365 e. The molecule has 2 aromatic rings. The monoisotopic (exact) mass is 413 g/mol. The molecular weight excluding hydrogens is 386 g/mol. The second-order valence-corrected chi connectivity index (χ2v) is 8.19. The third-order valence-corrected chi connectivity index (χ3v) is 5.88. The zero-order valence-corrected chi connectivity index (χ0v) is 17.3. The maximum absolute atomic E-state index is 12.9. The van der Waals surface area contributed by atoms with Crippen LogP contribution in [0.15, 0.2) is 30.5 Å². The molecule has 2 atom stereocenters. The average molecular weight is 413 g/mol. The number of hydrogen-bond acceptors (Lipinski definition) is 7. The van der Waals surface area contributed by atoms with E-state index in [1.165, 1.54) is 6.07 Å². The van der Waals surface area contributed by atoms with Crippen LogP contribution >= 0.6 is 0 Å². The Morgan fingerprint density at radius 1 is 1.27 bits per heavy atom.